The summed E-state index contributed by atoms with van der Waals surface area (Å²) in [7, 11) is 1.59. The van der Waals surface area contributed by atoms with Crippen LogP contribution < -0.4 is 20.1 Å². The van der Waals surface area contributed by atoms with Gasteiger partial charge in [0.1, 0.15) is 17.2 Å². The molecule has 0 aromatic heterocycles. The topological polar surface area (TPSA) is 76.7 Å². The zero-order valence-corrected chi connectivity index (χ0v) is 16.9. The summed E-state index contributed by atoms with van der Waals surface area (Å²) in [5, 5.41) is 5.68. The minimum absolute atomic E-state index is 0.105. The number of rotatable bonds is 8. The molecule has 0 bridgehead atoms. The van der Waals surface area contributed by atoms with Crippen molar-refractivity contribution < 1.29 is 19.1 Å². The number of hydrogen-bond acceptors (Lipinski definition) is 4. The number of hydrogen-bond donors (Lipinski definition) is 2. The highest BCUT2D eigenvalue weighted by Gasteiger charge is 2.17. The minimum Gasteiger partial charge on any atom is -0.497 e. The second-order valence-corrected chi connectivity index (χ2v) is 6.72. The lowest BCUT2D eigenvalue weighted by Crippen LogP contribution is -2.29. The summed E-state index contributed by atoms with van der Waals surface area (Å²) in [6.45, 7) is 1.43. The van der Waals surface area contributed by atoms with Crippen LogP contribution in [0.2, 0.25) is 0 Å². The number of ether oxygens (including phenoxy) is 2. The van der Waals surface area contributed by atoms with Gasteiger partial charge >= 0.3 is 0 Å². The van der Waals surface area contributed by atoms with E-state index in [1.54, 1.807) is 43.5 Å². The summed E-state index contributed by atoms with van der Waals surface area (Å²) in [6.07, 6.45) is 0.105. The van der Waals surface area contributed by atoms with Crippen molar-refractivity contribution in [2.75, 3.05) is 12.4 Å². The van der Waals surface area contributed by atoms with Crippen LogP contribution in [0.5, 0.6) is 17.2 Å². The minimum atomic E-state index is -0.436. The maximum atomic E-state index is 12.6. The summed E-state index contributed by atoms with van der Waals surface area (Å²) >= 11 is 0. The molecule has 0 aliphatic heterocycles. The third-order valence-electron chi connectivity index (χ3n) is 4.40. The molecule has 0 fully saturated rings. The Hall–Kier alpha value is -3.80. The van der Waals surface area contributed by atoms with E-state index >= 15 is 0 Å². The Kier molecular flexibility index (Phi) is 7.05. The quantitative estimate of drug-likeness (QED) is 0.571. The predicted octanol–water partition coefficient (Wildman–Crippen LogP) is 4.69. The summed E-state index contributed by atoms with van der Waals surface area (Å²) in [6, 6.07) is 23.4. The Morgan fingerprint density at radius 3 is 2.03 bits per heavy atom. The van der Waals surface area contributed by atoms with Crippen LogP contribution in [0, 0.1) is 0 Å². The smallest absolute Gasteiger partial charge is 0.226 e. The Morgan fingerprint density at radius 2 is 1.43 bits per heavy atom. The highest BCUT2D eigenvalue weighted by atomic mass is 16.5. The fourth-order valence-electron chi connectivity index (χ4n) is 2.96. The van der Waals surface area contributed by atoms with Crippen molar-refractivity contribution in [3.8, 4) is 17.2 Å². The lowest BCUT2D eigenvalue weighted by molar-refractivity contribution is -0.120. The van der Waals surface area contributed by atoms with Gasteiger partial charge in [0.2, 0.25) is 11.8 Å². The third-order valence-corrected chi connectivity index (χ3v) is 4.40. The molecule has 6 heteroatoms. The van der Waals surface area contributed by atoms with E-state index < -0.39 is 6.04 Å². The molecule has 30 heavy (non-hydrogen) atoms. The third kappa shape index (κ3) is 6.10. The normalized spacial score (nSPS) is 11.3. The molecule has 2 N–H and O–H groups in total. The zero-order valence-electron chi connectivity index (χ0n) is 16.9. The molecular weight excluding hydrogens is 380 g/mol. The van der Waals surface area contributed by atoms with Gasteiger partial charge in [-0.2, -0.15) is 0 Å². The second-order valence-electron chi connectivity index (χ2n) is 6.72. The molecule has 0 heterocycles. The van der Waals surface area contributed by atoms with E-state index in [0.717, 1.165) is 11.3 Å². The number of nitrogens with one attached hydrogen (secondary N) is 2. The Bertz CT molecular complexity index is 970. The van der Waals surface area contributed by atoms with Crippen molar-refractivity contribution in [1.82, 2.24) is 5.32 Å². The van der Waals surface area contributed by atoms with E-state index in [1.807, 2.05) is 42.5 Å². The van der Waals surface area contributed by atoms with Crippen molar-refractivity contribution in [1.29, 1.82) is 0 Å². The molecule has 0 radical (unpaired) electrons. The van der Waals surface area contributed by atoms with Gasteiger partial charge in [0.15, 0.2) is 0 Å². The fourth-order valence-corrected chi connectivity index (χ4v) is 2.96. The number of benzene rings is 3. The molecule has 6 nitrogen and oxygen atoms in total. The molecule has 1 atom stereocenters. The summed E-state index contributed by atoms with van der Waals surface area (Å²) in [4.78, 5) is 24.2. The van der Waals surface area contributed by atoms with Crippen LogP contribution in [0.25, 0.3) is 0 Å². The van der Waals surface area contributed by atoms with E-state index in [-0.39, 0.29) is 18.2 Å². The molecule has 0 aliphatic carbocycles. The van der Waals surface area contributed by atoms with Crippen molar-refractivity contribution in [2.24, 2.45) is 0 Å². The van der Waals surface area contributed by atoms with Crippen LogP contribution >= 0.6 is 0 Å². The van der Waals surface area contributed by atoms with E-state index in [2.05, 4.69) is 10.6 Å². The molecule has 3 rings (SSSR count). The lowest BCUT2D eigenvalue weighted by Gasteiger charge is -2.18. The van der Waals surface area contributed by atoms with E-state index in [4.69, 9.17) is 9.47 Å². The first-order valence-electron chi connectivity index (χ1n) is 9.57. The molecule has 2 amide bonds. The van der Waals surface area contributed by atoms with Gasteiger partial charge in [0, 0.05) is 12.6 Å². The molecule has 3 aromatic carbocycles. The molecule has 0 saturated carbocycles. The molecule has 0 aliphatic rings. The van der Waals surface area contributed by atoms with Gasteiger partial charge < -0.3 is 20.1 Å². The number of para-hydroxylation sites is 1. The van der Waals surface area contributed by atoms with Gasteiger partial charge in [-0.3, -0.25) is 9.59 Å². The predicted molar refractivity (Wildman–Crippen MR) is 116 cm³/mol. The van der Waals surface area contributed by atoms with Crippen LogP contribution in [-0.4, -0.2) is 18.9 Å². The van der Waals surface area contributed by atoms with Crippen molar-refractivity contribution in [2.45, 2.75) is 19.4 Å². The lowest BCUT2D eigenvalue weighted by atomic mass is 10.0. The number of amides is 2. The largest absolute Gasteiger partial charge is 0.497 e. The molecule has 3 aromatic rings. The fraction of sp³-hybridized carbons (Fsp3) is 0.167. The monoisotopic (exact) mass is 404 g/mol. The number of anilines is 1. The van der Waals surface area contributed by atoms with Crippen molar-refractivity contribution in [3.63, 3.8) is 0 Å². The number of carbonyl (C=O) groups is 2. The van der Waals surface area contributed by atoms with E-state index in [9.17, 15) is 9.59 Å². The van der Waals surface area contributed by atoms with Crippen LogP contribution in [-0.2, 0) is 9.59 Å². The molecular formula is C24H24N2O4. The summed E-state index contributed by atoms with van der Waals surface area (Å²) in [5.74, 6) is 1.72. The average molecular weight is 404 g/mol. The van der Waals surface area contributed by atoms with Gasteiger partial charge in [-0.05, 0) is 54.1 Å². The standard InChI is InChI=1S/C24H24N2O4/c1-17(27)25-23(18-8-12-20(29-2)13-9-18)16-24(28)26-19-10-14-22(15-11-19)30-21-6-4-3-5-7-21/h3-15,23H,16H2,1-2H3,(H,25,27)(H,26,28)/t23-/m1/s1. The second kappa shape index (κ2) is 10.1. The van der Waals surface area contributed by atoms with Crippen LogP contribution in [0.1, 0.15) is 24.9 Å². The Balaban J connectivity index is 1.62. The highest BCUT2D eigenvalue weighted by Crippen LogP contribution is 2.24. The summed E-state index contributed by atoms with van der Waals surface area (Å²) < 4.78 is 10.9. The Labute approximate surface area is 175 Å². The molecule has 0 unspecified atom stereocenters. The molecule has 0 saturated heterocycles. The first kappa shape index (κ1) is 20.9. The number of methoxy groups -OCH3 is 1. The SMILES string of the molecule is COc1ccc([C@@H](CC(=O)Nc2ccc(Oc3ccccc3)cc2)NC(C)=O)cc1. The van der Waals surface area contributed by atoms with Crippen molar-refractivity contribution in [3.05, 3.63) is 84.4 Å². The van der Waals surface area contributed by atoms with E-state index in [0.29, 0.717) is 17.2 Å². The molecule has 0 spiro atoms. The van der Waals surface area contributed by atoms with Gasteiger partial charge in [-0.25, -0.2) is 0 Å². The highest BCUT2D eigenvalue weighted by molar-refractivity contribution is 5.91. The first-order valence-corrected chi connectivity index (χ1v) is 9.57. The van der Waals surface area contributed by atoms with Gasteiger partial charge in [0.05, 0.1) is 19.6 Å². The maximum absolute atomic E-state index is 12.6. The Morgan fingerprint density at radius 1 is 0.833 bits per heavy atom. The van der Waals surface area contributed by atoms with E-state index in [1.165, 1.54) is 6.92 Å². The average Bonchev–Trinajstić information content (AvgIpc) is 2.75. The molecule has 154 valence electrons. The van der Waals surface area contributed by atoms with Crippen LogP contribution in [0.3, 0.4) is 0 Å². The van der Waals surface area contributed by atoms with Crippen LogP contribution in [0.15, 0.2) is 78.9 Å². The zero-order chi connectivity index (χ0) is 21.3. The summed E-state index contributed by atoms with van der Waals surface area (Å²) in [5.41, 5.74) is 1.48. The maximum Gasteiger partial charge on any atom is 0.226 e. The van der Waals surface area contributed by atoms with Crippen molar-refractivity contribution >= 4 is 17.5 Å². The van der Waals surface area contributed by atoms with Gasteiger partial charge in [-0.1, -0.05) is 30.3 Å². The van der Waals surface area contributed by atoms with Gasteiger partial charge in [-0.15, -0.1) is 0 Å². The first-order chi connectivity index (χ1) is 14.5. The number of carbonyl (C=O) groups excluding carboxylic acids is 2. The van der Waals surface area contributed by atoms with Crippen LogP contribution in [0.4, 0.5) is 5.69 Å². The van der Waals surface area contributed by atoms with Gasteiger partial charge in [0.25, 0.3) is 0 Å².